The first-order chi connectivity index (χ1) is 16.9. The second kappa shape index (κ2) is 7.48. The number of carbonyl (C=O) groups is 2. The minimum Gasteiger partial charge on any atom is -0.508 e. The van der Waals surface area contributed by atoms with Gasteiger partial charge < -0.3 is 20.3 Å². The summed E-state index contributed by atoms with van der Waals surface area (Å²) in [7, 11) is 0. The highest BCUT2D eigenvalue weighted by Gasteiger charge is 2.70. The third kappa shape index (κ3) is 2.83. The van der Waals surface area contributed by atoms with Crippen LogP contribution >= 0.6 is 11.6 Å². The van der Waals surface area contributed by atoms with Gasteiger partial charge in [-0.05, 0) is 37.3 Å². The fourth-order valence-corrected chi connectivity index (χ4v) is 8.13. The number of aromatic hydroxyl groups is 1. The summed E-state index contributed by atoms with van der Waals surface area (Å²) in [5.74, 6) is 0.407. The van der Waals surface area contributed by atoms with Crippen LogP contribution in [0, 0.1) is 22.7 Å². The molecule has 2 aromatic rings. The lowest BCUT2D eigenvalue weighted by Crippen LogP contribution is -2.72. The summed E-state index contributed by atoms with van der Waals surface area (Å²) in [4.78, 5) is 26.2. The molecule has 6 nitrogen and oxygen atoms in total. The number of amides is 1. The highest BCUT2D eigenvalue weighted by molar-refractivity contribution is 6.32. The molecule has 6 atom stereocenters. The summed E-state index contributed by atoms with van der Waals surface area (Å²) in [6.07, 6.45) is 1.48. The number of nitrogens with one attached hydrogen (secondary N) is 1. The van der Waals surface area contributed by atoms with Crippen LogP contribution in [-0.4, -0.2) is 33.6 Å². The van der Waals surface area contributed by atoms with Crippen molar-refractivity contribution in [3.63, 3.8) is 0 Å². The average Bonchev–Trinajstić information content (AvgIpc) is 3.14. The summed E-state index contributed by atoms with van der Waals surface area (Å²) in [5.41, 5.74) is 0.581. The molecule has 4 aliphatic rings. The predicted octanol–water partition coefficient (Wildman–Crippen LogP) is 4.96. The molecule has 0 unspecified atom stereocenters. The Morgan fingerprint density at radius 3 is 2.58 bits per heavy atom. The van der Waals surface area contributed by atoms with Gasteiger partial charge in [0.25, 0.3) is 5.91 Å². The molecule has 2 heterocycles. The Bertz CT molecular complexity index is 1320. The summed E-state index contributed by atoms with van der Waals surface area (Å²) >= 11 is 6.82. The van der Waals surface area contributed by atoms with E-state index in [0.717, 1.165) is 18.4 Å². The molecule has 7 heteroatoms. The van der Waals surface area contributed by atoms with Crippen molar-refractivity contribution in [1.29, 1.82) is 0 Å². The van der Waals surface area contributed by atoms with Crippen molar-refractivity contribution in [1.82, 2.24) is 5.32 Å². The number of benzene rings is 2. The molecule has 0 aromatic heterocycles. The Balaban J connectivity index is 1.61. The number of halogens is 1. The van der Waals surface area contributed by atoms with Gasteiger partial charge in [0, 0.05) is 44.9 Å². The van der Waals surface area contributed by atoms with E-state index in [1.54, 1.807) is 24.3 Å². The first-order valence-corrected chi connectivity index (χ1v) is 13.2. The van der Waals surface area contributed by atoms with Crippen molar-refractivity contribution in [2.24, 2.45) is 22.7 Å². The third-order valence-electron chi connectivity index (χ3n) is 10.1. The molecule has 2 fully saturated rings. The maximum absolute atomic E-state index is 13.2. The molecule has 190 valence electrons. The van der Waals surface area contributed by atoms with Gasteiger partial charge in [-0.1, -0.05) is 57.5 Å². The lowest BCUT2D eigenvalue weighted by Gasteiger charge is -2.66. The number of fused-ring (bicyclic) bond motifs is 3. The van der Waals surface area contributed by atoms with Gasteiger partial charge in [-0.2, -0.15) is 0 Å². The molecule has 36 heavy (non-hydrogen) atoms. The number of phenols is 1. The topological polar surface area (TPSA) is 95.9 Å². The summed E-state index contributed by atoms with van der Waals surface area (Å²) in [6.45, 7) is 8.29. The van der Waals surface area contributed by atoms with Crippen LogP contribution in [0.2, 0.25) is 5.02 Å². The minimum absolute atomic E-state index is 0.0853. The Labute approximate surface area is 216 Å². The van der Waals surface area contributed by atoms with E-state index in [9.17, 15) is 19.8 Å². The van der Waals surface area contributed by atoms with Crippen molar-refractivity contribution in [3.05, 3.63) is 57.6 Å². The number of rotatable bonds is 1. The van der Waals surface area contributed by atoms with Crippen LogP contribution < -0.4 is 10.1 Å². The number of para-hydroxylation sites is 1. The number of phenolic OH excluding ortho intramolecular Hbond substituents is 1. The maximum atomic E-state index is 13.2. The number of ketones is 1. The summed E-state index contributed by atoms with van der Waals surface area (Å²) in [6, 6.07) is 8.07. The molecule has 1 spiro atoms. The van der Waals surface area contributed by atoms with Crippen LogP contribution in [0.15, 0.2) is 30.3 Å². The van der Waals surface area contributed by atoms with Gasteiger partial charge in [0.2, 0.25) is 0 Å². The Morgan fingerprint density at radius 1 is 1.14 bits per heavy atom. The molecule has 2 aliphatic carbocycles. The van der Waals surface area contributed by atoms with Crippen LogP contribution in [0.4, 0.5) is 0 Å². The number of Topliss-reactive ketones (excluding diaryl/α,β-unsaturated/α-hetero) is 1. The van der Waals surface area contributed by atoms with Gasteiger partial charge in [0.05, 0.1) is 11.6 Å². The smallest absolute Gasteiger partial charge is 0.252 e. The number of aliphatic hydroxyl groups is 1. The van der Waals surface area contributed by atoms with Gasteiger partial charge in [-0.25, -0.2) is 0 Å². The van der Waals surface area contributed by atoms with Crippen LogP contribution in [-0.2, 0) is 11.2 Å². The van der Waals surface area contributed by atoms with Crippen LogP contribution in [0.3, 0.4) is 0 Å². The monoisotopic (exact) mass is 509 g/mol. The van der Waals surface area contributed by atoms with Gasteiger partial charge in [-0.3, -0.25) is 9.59 Å². The summed E-state index contributed by atoms with van der Waals surface area (Å²) < 4.78 is 7.15. The average molecular weight is 510 g/mol. The molecule has 1 amide bonds. The largest absolute Gasteiger partial charge is 0.508 e. The highest BCUT2D eigenvalue weighted by atomic mass is 35.5. The van der Waals surface area contributed by atoms with E-state index in [1.165, 1.54) is 0 Å². The Kier molecular flexibility index (Phi) is 4.95. The van der Waals surface area contributed by atoms with E-state index in [-0.39, 0.29) is 41.1 Å². The highest BCUT2D eigenvalue weighted by Crippen LogP contribution is 2.66. The van der Waals surface area contributed by atoms with E-state index < -0.39 is 23.2 Å². The molecule has 0 radical (unpaired) electrons. The van der Waals surface area contributed by atoms with Crippen molar-refractivity contribution in [3.8, 4) is 11.5 Å². The van der Waals surface area contributed by atoms with E-state index in [2.05, 4.69) is 19.2 Å². The van der Waals surface area contributed by atoms with Gasteiger partial charge in [0.15, 0.2) is 5.78 Å². The van der Waals surface area contributed by atoms with Gasteiger partial charge in [0.1, 0.15) is 23.2 Å². The van der Waals surface area contributed by atoms with Crippen LogP contribution in [0.5, 0.6) is 11.5 Å². The lowest BCUT2D eigenvalue weighted by molar-refractivity contribution is -0.223. The Hall–Kier alpha value is -2.57. The van der Waals surface area contributed by atoms with Crippen molar-refractivity contribution >= 4 is 23.3 Å². The molecule has 0 bridgehead atoms. The van der Waals surface area contributed by atoms with E-state index >= 15 is 0 Å². The number of ether oxygens (including phenoxy) is 1. The number of hydrogen-bond donors (Lipinski definition) is 3. The van der Waals surface area contributed by atoms with Crippen LogP contribution in [0.25, 0.3) is 0 Å². The quantitative estimate of drug-likeness (QED) is 0.504. The normalized spacial score (nSPS) is 36.2. The third-order valence-corrected chi connectivity index (χ3v) is 10.4. The lowest BCUT2D eigenvalue weighted by atomic mass is 9.43. The van der Waals surface area contributed by atoms with Crippen LogP contribution in [0.1, 0.15) is 80.0 Å². The second-order valence-corrected chi connectivity index (χ2v) is 12.4. The van der Waals surface area contributed by atoms with Gasteiger partial charge >= 0.3 is 0 Å². The zero-order valence-electron chi connectivity index (χ0n) is 21.0. The molecule has 3 N–H and O–H groups in total. The van der Waals surface area contributed by atoms with Crippen molar-refractivity contribution < 1.29 is 24.5 Å². The molecular weight excluding hydrogens is 478 g/mol. The number of hydrogen-bond acceptors (Lipinski definition) is 5. The first kappa shape index (κ1) is 23.8. The molecule has 6 rings (SSSR count). The van der Waals surface area contributed by atoms with E-state index in [1.807, 2.05) is 19.9 Å². The predicted molar refractivity (Wildman–Crippen MR) is 135 cm³/mol. The fraction of sp³-hybridized carbons (Fsp3) is 0.517. The zero-order valence-corrected chi connectivity index (χ0v) is 21.8. The standard InChI is InChI=1S/C29H32ClNO5/c1-14-9-10-21-27(2,3)25(34)20(33)13-29(21)28(14,4)12-17-18(30)11-16-22(24(17)36-29)23(31-26(16)35)15-7-5-6-8-19(15)32/h5-8,11,14,20-21,23,32-33H,9-10,12-13H2,1-4H3,(H,31,35)/t14-,20+,21-,23+,28+,29-/m0/s1. The number of carbonyl (C=O) groups excluding carboxylic acids is 2. The molecule has 2 aromatic carbocycles. The molecule has 2 aliphatic heterocycles. The van der Waals surface area contributed by atoms with E-state index in [0.29, 0.717) is 33.9 Å². The second-order valence-electron chi connectivity index (χ2n) is 12.0. The number of aliphatic hydroxyl groups excluding tert-OH is 1. The van der Waals surface area contributed by atoms with Crippen molar-refractivity contribution in [2.75, 3.05) is 0 Å². The van der Waals surface area contributed by atoms with Gasteiger partial charge in [-0.15, -0.1) is 0 Å². The minimum atomic E-state index is -1.12. The zero-order chi connectivity index (χ0) is 25.8. The summed E-state index contributed by atoms with van der Waals surface area (Å²) in [5, 5.41) is 25.2. The molecule has 0 saturated heterocycles. The fourth-order valence-electron chi connectivity index (χ4n) is 7.87. The Morgan fingerprint density at radius 2 is 1.86 bits per heavy atom. The molecular formula is C29H32ClNO5. The first-order valence-electron chi connectivity index (χ1n) is 12.8. The van der Waals surface area contributed by atoms with E-state index in [4.69, 9.17) is 16.3 Å². The molecule has 2 saturated carbocycles. The maximum Gasteiger partial charge on any atom is 0.252 e. The van der Waals surface area contributed by atoms with Crippen molar-refractivity contribution in [2.45, 2.75) is 71.1 Å². The SMILES string of the molecule is C[C@H]1CC[C@H]2C(C)(C)C(=O)[C@H](O)C[C@]23Oc2c(c(Cl)cc4c2[C@@H](c2ccccc2O)NC4=O)C[C@]13C.